The molecule has 1 atom stereocenters. The summed E-state index contributed by atoms with van der Waals surface area (Å²) in [5, 5.41) is 4.66. The van der Waals surface area contributed by atoms with Gasteiger partial charge in [-0.2, -0.15) is 4.98 Å². The fraction of sp³-hybridized carbons (Fsp3) is 0.333. The summed E-state index contributed by atoms with van der Waals surface area (Å²) >= 11 is 1.47. The number of halogens is 1. The molecule has 1 aliphatic heterocycles. The number of benzene rings is 1. The van der Waals surface area contributed by atoms with E-state index < -0.39 is 0 Å². The third-order valence-corrected chi connectivity index (χ3v) is 5.76. The topological polar surface area (TPSA) is 72.1 Å². The van der Waals surface area contributed by atoms with Crippen LogP contribution < -0.4 is 0 Å². The molecule has 0 spiro atoms. The lowest BCUT2D eigenvalue weighted by molar-refractivity contribution is 0.0664. The number of nitrogens with zero attached hydrogens (tertiary/aromatic N) is 4. The number of piperidine rings is 1. The van der Waals surface area contributed by atoms with Crippen molar-refractivity contribution >= 4 is 17.7 Å². The van der Waals surface area contributed by atoms with Gasteiger partial charge >= 0.3 is 0 Å². The second kappa shape index (κ2) is 8.73. The van der Waals surface area contributed by atoms with Gasteiger partial charge in [-0.25, -0.2) is 9.37 Å². The Bertz CT molecular complexity index is 1010. The Morgan fingerprint density at radius 3 is 3.00 bits per heavy atom. The predicted molar refractivity (Wildman–Crippen MR) is 108 cm³/mol. The lowest BCUT2D eigenvalue weighted by atomic mass is 9.94. The molecular formula is C21H21FN4O2S. The van der Waals surface area contributed by atoms with Crippen LogP contribution in [0.5, 0.6) is 0 Å². The highest BCUT2D eigenvalue weighted by Crippen LogP contribution is 2.26. The van der Waals surface area contributed by atoms with E-state index >= 15 is 0 Å². The lowest BCUT2D eigenvalue weighted by Gasteiger charge is -2.32. The van der Waals surface area contributed by atoms with Crippen molar-refractivity contribution in [2.45, 2.75) is 24.3 Å². The van der Waals surface area contributed by atoms with Crippen molar-refractivity contribution in [3.8, 4) is 11.4 Å². The maximum Gasteiger partial charge on any atom is 0.256 e. The molecule has 0 N–H and O–H groups in total. The second-order valence-electron chi connectivity index (χ2n) is 7.02. The van der Waals surface area contributed by atoms with Crippen molar-refractivity contribution in [2.24, 2.45) is 5.92 Å². The number of hydrogen-bond donors (Lipinski definition) is 0. The molecule has 0 bridgehead atoms. The first-order valence-corrected chi connectivity index (χ1v) is 10.7. The van der Waals surface area contributed by atoms with Crippen LogP contribution in [0.25, 0.3) is 11.4 Å². The average molecular weight is 412 g/mol. The van der Waals surface area contributed by atoms with Crippen LogP contribution in [0.1, 0.15) is 29.1 Å². The smallest absolute Gasteiger partial charge is 0.256 e. The molecule has 29 heavy (non-hydrogen) atoms. The standard InChI is InChI=1S/C21H21FN4O2S/c1-29-20-16(8-4-10-23-20)21(27)26-11-5-6-14(13-26)12-18-24-19(25-28-18)15-7-2-3-9-17(15)22/h2-4,7-10,14H,5-6,11-13H2,1H3. The number of amides is 1. The van der Waals surface area contributed by atoms with Crippen molar-refractivity contribution in [3.05, 3.63) is 59.9 Å². The van der Waals surface area contributed by atoms with Crippen molar-refractivity contribution in [2.75, 3.05) is 19.3 Å². The summed E-state index contributed by atoms with van der Waals surface area (Å²) in [6.07, 6.45) is 6.07. The molecule has 4 rings (SSSR count). The predicted octanol–water partition coefficient (Wildman–Crippen LogP) is 4.09. The number of pyridine rings is 1. The van der Waals surface area contributed by atoms with Crippen LogP contribution in [-0.2, 0) is 6.42 Å². The largest absolute Gasteiger partial charge is 0.339 e. The van der Waals surface area contributed by atoms with E-state index in [4.69, 9.17) is 4.52 Å². The van der Waals surface area contributed by atoms with Gasteiger partial charge in [0.2, 0.25) is 11.7 Å². The highest BCUT2D eigenvalue weighted by Gasteiger charge is 2.27. The molecule has 1 amide bonds. The van der Waals surface area contributed by atoms with E-state index in [9.17, 15) is 9.18 Å². The highest BCUT2D eigenvalue weighted by atomic mass is 32.2. The quantitative estimate of drug-likeness (QED) is 0.588. The fourth-order valence-electron chi connectivity index (χ4n) is 3.64. The van der Waals surface area contributed by atoms with Gasteiger partial charge in [-0.1, -0.05) is 17.3 Å². The molecule has 0 saturated carbocycles. The van der Waals surface area contributed by atoms with E-state index in [1.54, 1.807) is 30.5 Å². The Morgan fingerprint density at radius 1 is 1.31 bits per heavy atom. The molecule has 150 valence electrons. The Kier molecular flexibility index (Phi) is 5.89. The number of likely N-dealkylation sites (tertiary alicyclic amines) is 1. The van der Waals surface area contributed by atoms with Gasteiger partial charge < -0.3 is 9.42 Å². The number of hydrogen-bond acceptors (Lipinski definition) is 6. The van der Waals surface area contributed by atoms with Gasteiger partial charge in [0.15, 0.2) is 0 Å². The minimum Gasteiger partial charge on any atom is -0.339 e. The molecular weight excluding hydrogens is 391 g/mol. The van der Waals surface area contributed by atoms with Crippen LogP contribution >= 0.6 is 11.8 Å². The summed E-state index contributed by atoms with van der Waals surface area (Å²) < 4.78 is 19.3. The van der Waals surface area contributed by atoms with E-state index in [0.29, 0.717) is 30.0 Å². The summed E-state index contributed by atoms with van der Waals surface area (Å²) in [7, 11) is 0. The van der Waals surface area contributed by atoms with Crippen LogP contribution in [-0.4, -0.2) is 45.3 Å². The van der Waals surface area contributed by atoms with E-state index in [-0.39, 0.29) is 23.5 Å². The summed E-state index contributed by atoms with van der Waals surface area (Å²) in [6, 6.07) is 9.97. The number of carbonyl (C=O) groups excluding carboxylic acids is 1. The molecule has 0 radical (unpaired) electrons. The molecule has 1 aliphatic rings. The van der Waals surface area contributed by atoms with Gasteiger partial charge in [0, 0.05) is 25.7 Å². The second-order valence-corrected chi connectivity index (χ2v) is 7.81. The molecule has 1 saturated heterocycles. The van der Waals surface area contributed by atoms with Crippen molar-refractivity contribution < 1.29 is 13.7 Å². The van der Waals surface area contributed by atoms with Crippen LogP contribution in [0.15, 0.2) is 52.1 Å². The van der Waals surface area contributed by atoms with Crippen molar-refractivity contribution in [3.63, 3.8) is 0 Å². The maximum absolute atomic E-state index is 13.9. The first-order valence-electron chi connectivity index (χ1n) is 9.51. The number of rotatable bonds is 5. The lowest BCUT2D eigenvalue weighted by Crippen LogP contribution is -2.40. The van der Waals surface area contributed by atoms with Crippen LogP contribution in [0, 0.1) is 11.7 Å². The van der Waals surface area contributed by atoms with E-state index in [0.717, 1.165) is 24.4 Å². The third-order valence-electron chi connectivity index (χ3n) is 5.05. The van der Waals surface area contributed by atoms with Gasteiger partial charge in [-0.3, -0.25) is 4.79 Å². The van der Waals surface area contributed by atoms with Gasteiger partial charge in [-0.05, 0) is 49.3 Å². The molecule has 8 heteroatoms. The molecule has 1 aromatic carbocycles. The third kappa shape index (κ3) is 4.32. The Balaban J connectivity index is 1.44. The van der Waals surface area contributed by atoms with Crippen LogP contribution in [0.4, 0.5) is 4.39 Å². The Morgan fingerprint density at radius 2 is 2.17 bits per heavy atom. The summed E-state index contributed by atoms with van der Waals surface area (Å²) in [5.41, 5.74) is 0.962. The monoisotopic (exact) mass is 412 g/mol. The molecule has 3 aromatic rings. The van der Waals surface area contributed by atoms with E-state index in [1.807, 2.05) is 17.2 Å². The minimum absolute atomic E-state index is 0.00437. The zero-order valence-electron chi connectivity index (χ0n) is 16.0. The average Bonchev–Trinajstić information content (AvgIpc) is 3.22. The Hall–Kier alpha value is -2.74. The SMILES string of the molecule is CSc1ncccc1C(=O)N1CCCC(Cc2nc(-c3ccccc3F)no2)C1. The summed E-state index contributed by atoms with van der Waals surface area (Å²) in [4.78, 5) is 23.5. The van der Waals surface area contributed by atoms with Gasteiger partial charge in [0.1, 0.15) is 10.8 Å². The zero-order valence-corrected chi connectivity index (χ0v) is 16.9. The molecule has 1 unspecified atom stereocenters. The van der Waals surface area contributed by atoms with Crippen molar-refractivity contribution in [1.29, 1.82) is 0 Å². The Labute approximate surface area is 172 Å². The first-order chi connectivity index (χ1) is 14.2. The van der Waals surface area contributed by atoms with Gasteiger partial charge in [0.05, 0.1) is 11.1 Å². The van der Waals surface area contributed by atoms with Crippen LogP contribution in [0.2, 0.25) is 0 Å². The van der Waals surface area contributed by atoms with E-state index in [2.05, 4.69) is 15.1 Å². The van der Waals surface area contributed by atoms with Crippen LogP contribution in [0.3, 0.4) is 0 Å². The normalized spacial score (nSPS) is 16.8. The van der Waals surface area contributed by atoms with Gasteiger partial charge in [0.25, 0.3) is 5.91 Å². The molecule has 0 aliphatic carbocycles. The minimum atomic E-state index is -0.379. The number of thioether (sulfide) groups is 1. The number of aromatic nitrogens is 3. The molecule has 1 fully saturated rings. The molecule has 3 heterocycles. The highest BCUT2D eigenvalue weighted by molar-refractivity contribution is 7.98. The van der Waals surface area contributed by atoms with Gasteiger partial charge in [-0.15, -0.1) is 11.8 Å². The number of carbonyl (C=O) groups is 1. The zero-order chi connectivity index (χ0) is 20.2. The molecule has 2 aromatic heterocycles. The summed E-state index contributed by atoms with van der Waals surface area (Å²) in [5.74, 6) is 0.562. The summed E-state index contributed by atoms with van der Waals surface area (Å²) in [6.45, 7) is 1.35. The maximum atomic E-state index is 13.9. The fourth-order valence-corrected chi connectivity index (χ4v) is 4.18. The molecule has 6 nitrogen and oxygen atoms in total. The van der Waals surface area contributed by atoms with E-state index in [1.165, 1.54) is 17.8 Å². The van der Waals surface area contributed by atoms with Crippen molar-refractivity contribution in [1.82, 2.24) is 20.0 Å². The first kappa shape index (κ1) is 19.6.